The van der Waals surface area contributed by atoms with Crippen molar-refractivity contribution in [3.05, 3.63) is 100 Å². The topological polar surface area (TPSA) is 87.1 Å². The van der Waals surface area contributed by atoms with Gasteiger partial charge in [-0.05, 0) is 64.3 Å². The first kappa shape index (κ1) is 22.8. The van der Waals surface area contributed by atoms with Crippen LogP contribution in [0.25, 0.3) is 6.08 Å². The Balaban J connectivity index is 1.39. The van der Waals surface area contributed by atoms with Crippen LogP contribution in [0.15, 0.2) is 77.7 Å². The summed E-state index contributed by atoms with van der Waals surface area (Å²) >= 11 is 0.867. The molecule has 1 fully saturated rings. The van der Waals surface area contributed by atoms with Crippen LogP contribution in [-0.4, -0.2) is 33.2 Å². The number of hydrogen-bond acceptors (Lipinski definition) is 6. The van der Waals surface area contributed by atoms with E-state index >= 15 is 0 Å². The summed E-state index contributed by atoms with van der Waals surface area (Å²) in [6, 6.07) is 19.5. The molecule has 33 heavy (non-hydrogen) atoms. The molecule has 1 aliphatic rings. The fourth-order valence-corrected chi connectivity index (χ4v) is 4.07. The van der Waals surface area contributed by atoms with Crippen LogP contribution < -0.4 is 10.2 Å². The zero-order chi connectivity index (χ0) is 23.4. The molecule has 4 rings (SSSR count). The molecule has 2 N–H and O–H groups in total. The summed E-state index contributed by atoms with van der Waals surface area (Å²) in [4.78, 5) is 26.4. The summed E-state index contributed by atoms with van der Waals surface area (Å²) in [6.45, 7) is 0.339. The van der Waals surface area contributed by atoms with Crippen LogP contribution in [0, 0.1) is 5.82 Å². The maximum absolute atomic E-state index is 13.1. The van der Waals surface area contributed by atoms with Gasteiger partial charge in [-0.1, -0.05) is 48.5 Å². The number of hydrogen-bond donors (Lipinski definition) is 2. The molecular formula is C24H19BFNO5S. The van der Waals surface area contributed by atoms with Gasteiger partial charge >= 0.3 is 7.12 Å². The first-order chi connectivity index (χ1) is 15.9. The third kappa shape index (κ3) is 5.70. The fraction of sp³-hybridized carbons (Fsp3) is 0.0833. The van der Waals surface area contributed by atoms with E-state index in [0.717, 1.165) is 27.8 Å². The second-order valence-corrected chi connectivity index (χ2v) is 8.36. The summed E-state index contributed by atoms with van der Waals surface area (Å²) in [5.41, 5.74) is 2.58. The Hall–Kier alpha value is -3.40. The van der Waals surface area contributed by atoms with Crippen LogP contribution in [0.2, 0.25) is 0 Å². The minimum absolute atomic E-state index is 0.0869. The van der Waals surface area contributed by atoms with Crippen molar-refractivity contribution < 1.29 is 28.8 Å². The van der Waals surface area contributed by atoms with Gasteiger partial charge in [0, 0.05) is 0 Å². The number of nitrogens with zero attached hydrogens (tertiary/aromatic N) is 1. The van der Waals surface area contributed by atoms with E-state index in [4.69, 9.17) is 4.74 Å². The van der Waals surface area contributed by atoms with Gasteiger partial charge in [-0.25, -0.2) is 4.39 Å². The van der Waals surface area contributed by atoms with Crippen molar-refractivity contribution in [1.82, 2.24) is 4.90 Å². The van der Waals surface area contributed by atoms with Gasteiger partial charge in [0.1, 0.15) is 18.2 Å². The molecule has 0 aromatic heterocycles. The molecule has 1 heterocycles. The third-order valence-corrected chi connectivity index (χ3v) is 5.87. The average Bonchev–Trinajstić information content (AvgIpc) is 3.07. The lowest BCUT2D eigenvalue weighted by Gasteiger charge is -2.12. The number of carbonyl (C=O) groups excluding carboxylic acids is 2. The zero-order valence-electron chi connectivity index (χ0n) is 17.3. The van der Waals surface area contributed by atoms with E-state index < -0.39 is 7.12 Å². The summed E-state index contributed by atoms with van der Waals surface area (Å²) < 4.78 is 18.8. The maximum Gasteiger partial charge on any atom is 0.488 e. The van der Waals surface area contributed by atoms with Gasteiger partial charge in [0.15, 0.2) is 0 Å². The summed E-state index contributed by atoms with van der Waals surface area (Å²) in [5, 5.41) is 18.2. The van der Waals surface area contributed by atoms with Crippen molar-refractivity contribution in [3.8, 4) is 5.75 Å². The van der Waals surface area contributed by atoms with E-state index in [1.165, 1.54) is 12.1 Å². The Bertz CT molecular complexity index is 1200. The predicted molar refractivity (Wildman–Crippen MR) is 125 cm³/mol. The first-order valence-corrected chi connectivity index (χ1v) is 10.9. The molecule has 1 saturated heterocycles. The minimum atomic E-state index is -1.54. The monoisotopic (exact) mass is 463 g/mol. The van der Waals surface area contributed by atoms with E-state index in [1.807, 2.05) is 6.07 Å². The van der Waals surface area contributed by atoms with E-state index in [2.05, 4.69) is 0 Å². The van der Waals surface area contributed by atoms with Crippen molar-refractivity contribution in [1.29, 1.82) is 0 Å². The quantitative estimate of drug-likeness (QED) is 0.413. The number of rotatable bonds is 7. The molecule has 1 aliphatic heterocycles. The van der Waals surface area contributed by atoms with Crippen molar-refractivity contribution in [2.45, 2.75) is 13.2 Å². The Morgan fingerprint density at radius 3 is 2.39 bits per heavy atom. The fourth-order valence-electron chi connectivity index (χ4n) is 3.23. The molecule has 6 nitrogen and oxygen atoms in total. The van der Waals surface area contributed by atoms with Gasteiger partial charge in [-0.3, -0.25) is 14.5 Å². The van der Waals surface area contributed by atoms with Crippen molar-refractivity contribution in [2.75, 3.05) is 0 Å². The van der Waals surface area contributed by atoms with Gasteiger partial charge in [-0.2, -0.15) is 0 Å². The number of amides is 2. The smallest absolute Gasteiger partial charge is 0.488 e. The lowest BCUT2D eigenvalue weighted by molar-refractivity contribution is -0.123. The molecule has 3 aromatic rings. The van der Waals surface area contributed by atoms with Gasteiger partial charge in [0.25, 0.3) is 11.1 Å². The number of benzene rings is 3. The molecule has 0 bridgehead atoms. The van der Waals surface area contributed by atoms with E-state index in [-0.39, 0.29) is 30.1 Å². The van der Waals surface area contributed by atoms with Crippen LogP contribution in [0.5, 0.6) is 5.75 Å². The third-order valence-electron chi connectivity index (χ3n) is 4.96. The SMILES string of the molecule is O=C1SC(=Cc2ccc(OCc3cccc(B(O)O)c3)cc2)C(=O)N1Cc1ccc(F)cc1. The Kier molecular flexibility index (Phi) is 6.93. The van der Waals surface area contributed by atoms with Gasteiger partial charge < -0.3 is 14.8 Å². The minimum Gasteiger partial charge on any atom is -0.489 e. The lowest BCUT2D eigenvalue weighted by Crippen LogP contribution is -2.29. The number of halogens is 1. The molecule has 9 heteroatoms. The molecule has 166 valence electrons. The molecule has 0 radical (unpaired) electrons. The Morgan fingerprint density at radius 1 is 0.970 bits per heavy atom. The molecular weight excluding hydrogens is 444 g/mol. The number of thioether (sulfide) groups is 1. The summed E-state index contributed by atoms with van der Waals surface area (Å²) in [5.74, 6) is -0.162. The summed E-state index contributed by atoms with van der Waals surface area (Å²) in [6.07, 6.45) is 1.64. The highest BCUT2D eigenvalue weighted by molar-refractivity contribution is 8.18. The molecule has 0 spiro atoms. The van der Waals surface area contributed by atoms with Crippen LogP contribution in [-0.2, 0) is 17.9 Å². The number of imide groups is 1. The van der Waals surface area contributed by atoms with E-state index in [0.29, 0.717) is 21.7 Å². The zero-order valence-corrected chi connectivity index (χ0v) is 18.2. The summed E-state index contributed by atoms with van der Waals surface area (Å²) in [7, 11) is -1.54. The second kappa shape index (κ2) is 10.0. The molecule has 0 aliphatic carbocycles. The second-order valence-electron chi connectivity index (χ2n) is 7.37. The van der Waals surface area contributed by atoms with Gasteiger partial charge in [-0.15, -0.1) is 0 Å². The highest BCUT2D eigenvalue weighted by atomic mass is 32.2. The molecule has 3 aromatic carbocycles. The van der Waals surface area contributed by atoms with Crippen LogP contribution >= 0.6 is 11.8 Å². The van der Waals surface area contributed by atoms with Crippen LogP contribution in [0.1, 0.15) is 16.7 Å². The van der Waals surface area contributed by atoms with Gasteiger partial charge in [0.2, 0.25) is 0 Å². The van der Waals surface area contributed by atoms with Crippen molar-refractivity contribution in [3.63, 3.8) is 0 Å². The van der Waals surface area contributed by atoms with E-state index in [1.54, 1.807) is 60.7 Å². The molecule has 0 atom stereocenters. The van der Waals surface area contributed by atoms with Gasteiger partial charge in [0.05, 0.1) is 11.4 Å². The van der Waals surface area contributed by atoms with Crippen molar-refractivity contribution in [2.24, 2.45) is 0 Å². The normalized spacial score (nSPS) is 14.8. The largest absolute Gasteiger partial charge is 0.489 e. The number of ether oxygens (including phenoxy) is 1. The molecule has 2 amide bonds. The first-order valence-electron chi connectivity index (χ1n) is 10.1. The molecule has 0 unspecified atom stereocenters. The predicted octanol–water partition coefficient (Wildman–Crippen LogP) is 3.32. The maximum atomic E-state index is 13.1. The van der Waals surface area contributed by atoms with Crippen molar-refractivity contribution >= 4 is 41.6 Å². The molecule has 0 saturated carbocycles. The Morgan fingerprint density at radius 2 is 1.70 bits per heavy atom. The lowest BCUT2D eigenvalue weighted by atomic mass is 9.80. The van der Waals surface area contributed by atoms with Crippen LogP contribution in [0.3, 0.4) is 0 Å². The number of carbonyl (C=O) groups is 2. The average molecular weight is 463 g/mol. The Labute approximate surface area is 194 Å². The standard InChI is InChI=1S/C24H19BFNO5S/c26-20-8-4-17(5-9-20)14-27-23(28)22(33-24(27)29)13-16-6-10-21(11-7-16)32-15-18-2-1-3-19(12-18)25(30)31/h1-13,30-31H,14-15H2. The highest BCUT2D eigenvalue weighted by Gasteiger charge is 2.34. The van der Waals surface area contributed by atoms with E-state index in [9.17, 15) is 24.0 Å². The highest BCUT2D eigenvalue weighted by Crippen LogP contribution is 2.33. The van der Waals surface area contributed by atoms with Crippen LogP contribution in [0.4, 0.5) is 9.18 Å².